The van der Waals surface area contributed by atoms with Crippen molar-refractivity contribution >= 4 is 17.6 Å². The van der Waals surface area contributed by atoms with E-state index in [4.69, 9.17) is 27.2 Å². The highest BCUT2D eigenvalue weighted by molar-refractivity contribution is 6.30. The lowest BCUT2D eigenvalue weighted by atomic mass is 9.96. The van der Waals surface area contributed by atoms with Crippen LogP contribution in [-0.2, 0) is 16.0 Å². The Balaban J connectivity index is 0.000000363. The Hall–Kier alpha value is -2.75. The third-order valence-electron chi connectivity index (χ3n) is 5.82. The Kier molecular flexibility index (Phi) is 11.2. The van der Waals surface area contributed by atoms with Gasteiger partial charge in [0.2, 0.25) is 0 Å². The molecule has 9 heteroatoms. The number of aliphatic carboxylic acids is 1. The minimum absolute atomic E-state index is 0.203. The molecule has 1 saturated heterocycles. The van der Waals surface area contributed by atoms with Crippen LogP contribution in [0.5, 0.6) is 0 Å². The van der Waals surface area contributed by atoms with Crippen molar-refractivity contribution in [2.45, 2.75) is 12.5 Å². The van der Waals surface area contributed by atoms with Crippen LogP contribution < -0.4 is 5.73 Å². The lowest BCUT2D eigenvalue weighted by Crippen LogP contribution is -2.48. The highest BCUT2D eigenvalue weighted by atomic mass is 35.5. The molecule has 0 bridgehead atoms. The molecule has 2 heterocycles. The third-order valence-corrected chi connectivity index (χ3v) is 6.07. The zero-order valence-corrected chi connectivity index (χ0v) is 20.6. The van der Waals surface area contributed by atoms with Gasteiger partial charge in [0.25, 0.3) is 0 Å². The minimum atomic E-state index is -0.923. The van der Waals surface area contributed by atoms with Crippen LogP contribution in [0.3, 0.4) is 0 Å². The van der Waals surface area contributed by atoms with Crippen LogP contribution in [0.4, 0.5) is 0 Å². The summed E-state index contributed by atoms with van der Waals surface area (Å²) in [6.45, 7) is 5.43. The molecule has 1 aromatic heterocycles. The lowest BCUT2D eigenvalue weighted by Gasteiger charge is -2.39. The summed E-state index contributed by atoms with van der Waals surface area (Å²) in [6.07, 6.45) is 4.33. The highest BCUT2D eigenvalue weighted by Crippen LogP contribution is 2.30. The molecule has 4 N–H and O–H groups in total. The molecule has 1 aliphatic rings. The van der Waals surface area contributed by atoms with Gasteiger partial charge in [-0.2, -0.15) is 0 Å². The molecule has 35 heavy (non-hydrogen) atoms. The second kappa shape index (κ2) is 14.6. The van der Waals surface area contributed by atoms with Crippen LogP contribution in [0.1, 0.15) is 22.9 Å². The molecular weight excluding hydrogens is 466 g/mol. The molecule has 0 aliphatic carbocycles. The third kappa shape index (κ3) is 9.08. The van der Waals surface area contributed by atoms with E-state index in [9.17, 15) is 4.79 Å². The van der Waals surface area contributed by atoms with E-state index in [1.807, 2.05) is 18.2 Å². The number of nitrogens with zero attached hydrogens (tertiary/aromatic N) is 3. The summed E-state index contributed by atoms with van der Waals surface area (Å²) >= 11 is 6.08. The van der Waals surface area contributed by atoms with Crippen molar-refractivity contribution in [3.05, 3.63) is 89.0 Å². The molecule has 1 aliphatic heterocycles. The highest BCUT2D eigenvalue weighted by Gasteiger charge is 2.26. The van der Waals surface area contributed by atoms with Gasteiger partial charge in [-0.3, -0.25) is 9.80 Å². The number of aromatic amines is 1. The topological polar surface area (TPSA) is 108 Å². The molecule has 3 aromatic rings. The van der Waals surface area contributed by atoms with Crippen LogP contribution in [-0.4, -0.2) is 83.3 Å². The van der Waals surface area contributed by atoms with E-state index in [2.05, 4.69) is 56.2 Å². The van der Waals surface area contributed by atoms with Gasteiger partial charge in [-0.15, -0.1) is 0 Å². The summed E-state index contributed by atoms with van der Waals surface area (Å²) in [4.78, 5) is 22.1. The fraction of sp³-hybridized carbons (Fsp3) is 0.385. The van der Waals surface area contributed by atoms with Crippen LogP contribution in [0.15, 0.2) is 67.1 Å². The summed E-state index contributed by atoms with van der Waals surface area (Å²) in [5.74, 6) is -0.923. The number of carbonyl (C=O) groups is 1. The maximum Gasteiger partial charge on any atom is 0.329 e. The van der Waals surface area contributed by atoms with Gasteiger partial charge in [-0.25, -0.2) is 9.78 Å². The summed E-state index contributed by atoms with van der Waals surface area (Å²) in [5, 5.41) is 9.37. The normalized spacial score (nSPS) is 15.3. The predicted molar refractivity (Wildman–Crippen MR) is 138 cm³/mol. The number of nitrogens with one attached hydrogen (secondary N) is 1. The first kappa shape index (κ1) is 26.8. The zero-order valence-electron chi connectivity index (χ0n) is 19.9. The van der Waals surface area contributed by atoms with E-state index in [0.717, 1.165) is 49.9 Å². The molecule has 1 atom stereocenters. The first-order chi connectivity index (χ1) is 17.1. The molecule has 0 radical (unpaired) electrons. The van der Waals surface area contributed by atoms with E-state index < -0.39 is 5.97 Å². The fourth-order valence-corrected chi connectivity index (χ4v) is 4.20. The van der Waals surface area contributed by atoms with Crippen molar-refractivity contribution < 1.29 is 14.6 Å². The van der Waals surface area contributed by atoms with Gasteiger partial charge in [0.1, 0.15) is 6.61 Å². The smallest absolute Gasteiger partial charge is 0.329 e. The summed E-state index contributed by atoms with van der Waals surface area (Å²) in [7, 11) is 0. The maximum absolute atomic E-state index is 10.5. The molecule has 1 unspecified atom stereocenters. The second-order valence-electron chi connectivity index (χ2n) is 8.30. The van der Waals surface area contributed by atoms with Crippen LogP contribution in [0.25, 0.3) is 0 Å². The number of carboxylic acid groups (broad SMARTS) is 1. The van der Waals surface area contributed by atoms with E-state index in [1.54, 1.807) is 12.5 Å². The number of imidazole rings is 1. The van der Waals surface area contributed by atoms with E-state index in [-0.39, 0.29) is 12.6 Å². The SMILES string of the molecule is NCCc1cnc[nH]1.O=C(O)COCCN1CCN(C(c2ccccc2)c2ccc(Cl)cc2)CC1. The molecule has 188 valence electrons. The molecule has 0 spiro atoms. The Morgan fingerprint density at radius 2 is 1.77 bits per heavy atom. The Labute approximate surface area is 211 Å². The fourth-order valence-electron chi connectivity index (χ4n) is 4.07. The Bertz CT molecular complexity index is 978. The standard InChI is InChI=1S/C21H25ClN2O3.C5H9N3/c22-19-8-6-18(7-9-19)21(17-4-2-1-3-5-17)24-12-10-23(11-13-24)14-15-27-16-20(25)26;6-2-1-5-3-7-4-8-5/h1-9,21H,10-16H2,(H,25,26);3-4H,1-2,6H2,(H,7,8). The number of hydrogen-bond acceptors (Lipinski definition) is 6. The largest absolute Gasteiger partial charge is 0.480 e. The number of H-pyrrole nitrogens is 1. The predicted octanol–water partition coefficient (Wildman–Crippen LogP) is 3.06. The van der Waals surface area contributed by atoms with Crippen molar-refractivity contribution in [3.63, 3.8) is 0 Å². The lowest BCUT2D eigenvalue weighted by molar-refractivity contribution is -0.142. The number of piperazine rings is 1. The van der Waals surface area contributed by atoms with Crippen LogP contribution in [0.2, 0.25) is 5.02 Å². The Morgan fingerprint density at radius 1 is 1.09 bits per heavy atom. The molecule has 0 saturated carbocycles. The van der Waals surface area contributed by atoms with Crippen LogP contribution >= 0.6 is 11.6 Å². The molecule has 1 fully saturated rings. The molecule has 4 rings (SSSR count). The van der Waals surface area contributed by atoms with Gasteiger partial charge < -0.3 is 20.6 Å². The van der Waals surface area contributed by atoms with Crippen molar-refractivity contribution in [1.82, 2.24) is 19.8 Å². The monoisotopic (exact) mass is 499 g/mol. The van der Waals surface area contributed by atoms with Gasteiger partial charge >= 0.3 is 5.97 Å². The number of halogens is 1. The van der Waals surface area contributed by atoms with Crippen molar-refractivity contribution in [2.24, 2.45) is 5.73 Å². The summed E-state index contributed by atoms with van der Waals surface area (Å²) in [6, 6.07) is 18.8. The Morgan fingerprint density at radius 3 is 2.37 bits per heavy atom. The summed E-state index contributed by atoms with van der Waals surface area (Å²) < 4.78 is 5.15. The quantitative estimate of drug-likeness (QED) is 0.368. The zero-order chi connectivity index (χ0) is 24.9. The van der Waals surface area contributed by atoms with E-state index >= 15 is 0 Å². The number of hydrogen-bond donors (Lipinski definition) is 3. The van der Waals surface area contributed by atoms with Gasteiger partial charge in [0.05, 0.1) is 19.0 Å². The van der Waals surface area contributed by atoms with E-state index in [0.29, 0.717) is 13.2 Å². The molecular formula is C26H34ClN5O3. The average Bonchev–Trinajstić information content (AvgIpc) is 3.39. The number of nitrogens with two attached hydrogens (primary N) is 1. The summed E-state index contributed by atoms with van der Waals surface area (Å²) in [5.41, 5.74) is 8.89. The number of ether oxygens (including phenoxy) is 1. The minimum Gasteiger partial charge on any atom is -0.480 e. The maximum atomic E-state index is 10.5. The van der Waals surface area contributed by atoms with Crippen molar-refractivity contribution in [3.8, 4) is 0 Å². The van der Waals surface area contributed by atoms with Crippen molar-refractivity contribution in [1.29, 1.82) is 0 Å². The average molecular weight is 500 g/mol. The first-order valence-electron chi connectivity index (χ1n) is 11.8. The van der Waals surface area contributed by atoms with Gasteiger partial charge in [-0.05, 0) is 29.8 Å². The van der Waals surface area contributed by atoms with Gasteiger partial charge in [-0.1, -0.05) is 54.1 Å². The molecule has 8 nitrogen and oxygen atoms in total. The molecule has 2 aromatic carbocycles. The second-order valence-corrected chi connectivity index (χ2v) is 8.74. The number of rotatable bonds is 10. The van der Waals surface area contributed by atoms with E-state index in [1.165, 1.54) is 11.1 Å². The number of benzene rings is 2. The number of aromatic nitrogens is 2. The van der Waals surface area contributed by atoms with Crippen molar-refractivity contribution in [2.75, 3.05) is 52.5 Å². The van der Waals surface area contributed by atoms with Gasteiger partial charge in [0, 0.05) is 56.1 Å². The van der Waals surface area contributed by atoms with Crippen LogP contribution in [0, 0.1) is 0 Å². The van der Waals surface area contributed by atoms with Gasteiger partial charge in [0.15, 0.2) is 0 Å². The first-order valence-corrected chi connectivity index (χ1v) is 12.2. The number of carboxylic acids is 1. The molecule has 0 amide bonds.